The van der Waals surface area contributed by atoms with Gasteiger partial charge in [-0.2, -0.15) is 5.26 Å². The first kappa shape index (κ1) is 18.2. The minimum Gasteiger partial charge on any atom is -0.360 e. The Labute approximate surface area is 162 Å². The van der Waals surface area contributed by atoms with Gasteiger partial charge in [0.1, 0.15) is 16.6 Å². The number of hydrogen-bond donors (Lipinski definition) is 1. The molecule has 5 heteroatoms. The smallest absolute Gasteiger partial charge is 0.136 e. The monoisotopic (exact) mass is 379 g/mol. The molecule has 0 saturated carbocycles. The number of aryl methyl sites for hydroxylation is 3. The molecule has 0 bridgehead atoms. The van der Waals surface area contributed by atoms with Gasteiger partial charge in [-0.3, -0.25) is 0 Å². The van der Waals surface area contributed by atoms with E-state index in [1.54, 1.807) is 6.20 Å². The number of halogens is 1. The maximum atomic E-state index is 9.55. The third-order valence-electron chi connectivity index (χ3n) is 4.03. The van der Waals surface area contributed by atoms with Crippen molar-refractivity contribution in [3.8, 4) is 17.3 Å². The van der Waals surface area contributed by atoms with E-state index in [-0.39, 0.29) is 0 Å². The normalized spacial score (nSPS) is 11.3. The molecule has 0 fully saturated rings. The second-order valence-electron chi connectivity index (χ2n) is 6.13. The fraction of sp³-hybridized carbons (Fsp3) is 0.143. The predicted octanol–water partition coefficient (Wildman–Crippen LogP) is 6.37. The molecule has 0 unspecified atom stereocenters. The van der Waals surface area contributed by atoms with Gasteiger partial charge >= 0.3 is 0 Å². The zero-order valence-corrected chi connectivity index (χ0v) is 16.4. The summed E-state index contributed by atoms with van der Waals surface area (Å²) < 4.78 is 0. The van der Waals surface area contributed by atoms with Gasteiger partial charge in [0.05, 0.1) is 5.69 Å². The Morgan fingerprint density at radius 3 is 2.42 bits per heavy atom. The number of nitrogens with zero attached hydrogens (tertiary/aromatic N) is 2. The van der Waals surface area contributed by atoms with Crippen molar-refractivity contribution in [1.82, 2.24) is 4.98 Å². The van der Waals surface area contributed by atoms with Crippen molar-refractivity contribution in [3.63, 3.8) is 0 Å². The topological polar surface area (TPSA) is 48.7 Å². The summed E-state index contributed by atoms with van der Waals surface area (Å²) in [4.78, 5) is 4.60. The Balaban J connectivity index is 1.87. The summed E-state index contributed by atoms with van der Waals surface area (Å²) in [6.07, 6.45) is 1.73. The molecule has 130 valence electrons. The Morgan fingerprint density at radius 1 is 1.15 bits per heavy atom. The second kappa shape index (κ2) is 7.74. The lowest BCUT2D eigenvalue weighted by atomic mass is 10.1. The number of allylic oxidation sites excluding steroid dienone is 1. The van der Waals surface area contributed by atoms with Crippen molar-refractivity contribution >= 4 is 34.2 Å². The van der Waals surface area contributed by atoms with Crippen LogP contribution in [-0.2, 0) is 0 Å². The summed E-state index contributed by atoms with van der Waals surface area (Å²) in [5, 5.41) is 16.2. The largest absolute Gasteiger partial charge is 0.360 e. The molecule has 3 nitrogen and oxygen atoms in total. The van der Waals surface area contributed by atoms with Crippen LogP contribution in [0.25, 0.3) is 16.8 Å². The highest BCUT2D eigenvalue weighted by Gasteiger charge is 2.10. The number of thiazole rings is 1. The van der Waals surface area contributed by atoms with E-state index in [2.05, 4.69) is 49.3 Å². The van der Waals surface area contributed by atoms with Crippen LogP contribution in [0.2, 0.25) is 5.02 Å². The maximum absolute atomic E-state index is 9.55. The molecular weight excluding hydrogens is 362 g/mol. The average molecular weight is 380 g/mol. The van der Waals surface area contributed by atoms with Crippen LogP contribution in [-0.4, -0.2) is 4.98 Å². The molecule has 1 N–H and O–H groups in total. The number of rotatable bonds is 4. The lowest BCUT2D eigenvalue weighted by molar-refractivity contribution is 1.31. The van der Waals surface area contributed by atoms with Crippen molar-refractivity contribution in [2.24, 2.45) is 0 Å². The highest BCUT2D eigenvalue weighted by molar-refractivity contribution is 7.11. The molecule has 0 amide bonds. The van der Waals surface area contributed by atoms with Crippen LogP contribution >= 0.6 is 22.9 Å². The van der Waals surface area contributed by atoms with Gasteiger partial charge < -0.3 is 5.32 Å². The zero-order chi connectivity index (χ0) is 18.7. The SMILES string of the molecule is Cc1cc(C)c(NC=C(C#N)c2nc(-c3ccc(Cl)cc3)cs2)c(C)c1. The van der Waals surface area contributed by atoms with Gasteiger partial charge in [-0.05, 0) is 44.0 Å². The zero-order valence-electron chi connectivity index (χ0n) is 14.8. The lowest BCUT2D eigenvalue weighted by Gasteiger charge is -2.11. The number of nitriles is 1. The Kier molecular flexibility index (Phi) is 5.41. The van der Waals surface area contributed by atoms with Gasteiger partial charge in [0.15, 0.2) is 0 Å². The molecule has 0 atom stereocenters. The molecule has 2 aromatic carbocycles. The third-order valence-corrected chi connectivity index (χ3v) is 5.16. The van der Waals surface area contributed by atoms with Crippen LogP contribution in [0.1, 0.15) is 21.7 Å². The van der Waals surface area contributed by atoms with Crippen molar-refractivity contribution in [2.75, 3.05) is 5.32 Å². The molecule has 0 aliphatic heterocycles. The van der Waals surface area contributed by atoms with E-state index in [9.17, 15) is 5.26 Å². The van der Waals surface area contributed by atoms with Crippen molar-refractivity contribution in [2.45, 2.75) is 20.8 Å². The first-order valence-corrected chi connectivity index (χ1v) is 9.40. The average Bonchev–Trinajstić information content (AvgIpc) is 3.07. The highest BCUT2D eigenvalue weighted by Crippen LogP contribution is 2.28. The summed E-state index contributed by atoms with van der Waals surface area (Å²) in [5.74, 6) is 0. The molecule has 0 aliphatic rings. The molecule has 1 heterocycles. The lowest BCUT2D eigenvalue weighted by Crippen LogP contribution is -1.97. The van der Waals surface area contributed by atoms with Crippen molar-refractivity contribution in [3.05, 3.63) is 74.7 Å². The van der Waals surface area contributed by atoms with Gasteiger partial charge in [0, 0.05) is 27.9 Å². The van der Waals surface area contributed by atoms with Crippen molar-refractivity contribution < 1.29 is 0 Å². The number of nitrogens with one attached hydrogen (secondary N) is 1. The van der Waals surface area contributed by atoms with Gasteiger partial charge in [0.2, 0.25) is 0 Å². The Morgan fingerprint density at radius 2 is 1.81 bits per heavy atom. The van der Waals surface area contributed by atoms with Gasteiger partial charge in [-0.1, -0.05) is 41.4 Å². The van der Waals surface area contributed by atoms with Gasteiger partial charge in [-0.15, -0.1) is 11.3 Å². The van der Waals surface area contributed by atoms with Gasteiger partial charge in [-0.25, -0.2) is 4.98 Å². The second-order valence-corrected chi connectivity index (χ2v) is 7.43. The molecular formula is C21H18ClN3S. The number of hydrogen-bond acceptors (Lipinski definition) is 4. The third kappa shape index (κ3) is 3.96. The fourth-order valence-electron chi connectivity index (χ4n) is 2.84. The van der Waals surface area contributed by atoms with Gasteiger partial charge in [0.25, 0.3) is 0 Å². The van der Waals surface area contributed by atoms with Crippen LogP contribution in [0.5, 0.6) is 0 Å². The maximum Gasteiger partial charge on any atom is 0.136 e. The van der Waals surface area contributed by atoms with Crippen LogP contribution in [0, 0.1) is 32.1 Å². The molecule has 0 radical (unpaired) electrons. The molecule has 1 aromatic heterocycles. The van der Waals surface area contributed by atoms with E-state index in [1.165, 1.54) is 16.9 Å². The quantitative estimate of drug-likeness (QED) is 0.536. The summed E-state index contributed by atoms with van der Waals surface area (Å²) >= 11 is 7.39. The van der Waals surface area contributed by atoms with Crippen LogP contribution in [0.4, 0.5) is 5.69 Å². The first-order chi connectivity index (χ1) is 12.5. The Hall–Kier alpha value is -2.61. The summed E-state index contributed by atoms with van der Waals surface area (Å²) in [5.41, 5.74) is 6.88. The highest BCUT2D eigenvalue weighted by atomic mass is 35.5. The standard InChI is InChI=1S/C21H18ClN3S/c1-13-8-14(2)20(15(3)9-13)24-11-17(10-23)21-25-19(12-26-21)16-4-6-18(22)7-5-16/h4-9,11-12,24H,1-3H3. The summed E-state index contributed by atoms with van der Waals surface area (Å²) in [7, 11) is 0. The first-order valence-electron chi connectivity index (χ1n) is 8.14. The van der Waals surface area contributed by atoms with E-state index in [0.29, 0.717) is 15.6 Å². The molecule has 0 aliphatic carbocycles. The van der Waals surface area contributed by atoms with E-state index < -0.39 is 0 Å². The Bertz CT molecular complexity index is 987. The summed E-state index contributed by atoms with van der Waals surface area (Å²) in [6, 6.07) is 14.0. The minimum absolute atomic E-state index is 0.509. The molecule has 26 heavy (non-hydrogen) atoms. The van der Waals surface area contributed by atoms with E-state index in [0.717, 1.165) is 28.1 Å². The van der Waals surface area contributed by atoms with Crippen LogP contribution < -0.4 is 5.32 Å². The van der Waals surface area contributed by atoms with E-state index in [1.807, 2.05) is 29.6 Å². The molecule has 3 rings (SSSR count). The van der Waals surface area contributed by atoms with E-state index in [4.69, 9.17) is 11.6 Å². The van der Waals surface area contributed by atoms with Crippen LogP contribution in [0.3, 0.4) is 0 Å². The summed E-state index contributed by atoms with van der Waals surface area (Å²) in [6.45, 7) is 6.20. The fourth-order valence-corrected chi connectivity index (χ4v) is 3.77. The predicted molar refractivity (Wildman–Crippen MR) is 110 cm³/mol. The number of aromatic nitrogens is 1. The molecule has 0 spiro atoms. The molecule has 3 aromatic rings. The minimum atomic E-state index is 0.509. The number of anilines is 1. The van der Waals surface area contributed by atoms with E-state index >= 15 is 0 Å². The van der Waals surface area contributed by atoms with Crippen molar-refractivity contribution in [1.29, 1.82) is 5.26 Å². The van der Waals surface area contributed by atoms with Crippen LogP contribution in [0.15, 0.2) is 48.0 Å². The number of benzene rings is 2. The molecule has 0 saturated heterocycles.